The maximum absolute atomic E-state index is 12.1. The smallest absolute Gasteiger partial charge is 0.251 e. The van der Waals surface area contributed by atoms with Gasteiger partial charge in [-0.1, -0.05) is 24.3 Å². The number of benzene rings is 2. The largest absolute Gasteiger partial charge is 0.421 e. The van der Waals surface area contributed by atoms with E-state index in [9.17, 15) is 4.79 Å². The molecule has 6 heteroatoms. The number of amides is 1. The Hall–Kier alpha value is -2.60. The average Bonchev–Trinajstić information content (AvgIpc) is 3.12. The average molecular weight is 367 g/mol. The number of carbonyl (C=O) groups excluding carboxylic acids is 1. The first-order valence-corrected chi connectivity index (χ1v) is 9.85. The molecule has 0 saturated carbocycles. The molecule has 1 heterocycles. The van der Waals surface area contributed by atoms with Gasteiger partial charge in [0, 0.05) is 24.6 Å². The van der Waals surface area contributed by atoms with Crippen LogP contribution in [0.4, 0.5) is 0 Å². The van der Waals surface area contributed by atoms with Crippen LogP contribution in [-0.4, -0.2) is 34.7 Å². The van der Waals surface area contributed by atoms with Crippen molar-refractivity contribution in [2.24, 2.45) is 0 Å². The third-order valence-corrected chi connectivity index (χ3v) is 4.65. The molecule has 0 aliphatic heterocycles. The molecule has 3 aromatic rings. The Kier molecular flexibility index (Phi) is 6.07. The van der Waals surface area contributed by atoms with Gasteiger partial charge in [0.1, 0.15) is 0 Å². The molecule has 1 N–H and O–H groups in total. The Morgan fingerprint density at radius 2 is 1.62 bits per heavy atom. The Balaban J connectivity index is 1.65. The molecule has 0 unspecified atom stereocenters. The van der Waals surface area contributed by atoms with E-state index >= 15 is 0 Å². The highest BCUT2D eigenvalue weighted by Gasteiger charge is 2.08. The molecular formula is C20H21N3O2S. The third-order valence-electron chi connectivity index (χ3n) is 3.95. The lowest BCUT2D eigenvalue weighted by molar-refractivity contribution is 0.0954. The van der Waals surface area contributed by atoms with Crippen LogP contribution in [-0.2, 0) is 0 Å². The molecule has 0 aliphatic carbocycles. The number of aromatic nitrogens is 2. The van der Waals surface area contributed by atoms with Crippen molar-refractivity contribution in [1.29, 1.82) is 0 Å². The maximum atomic E-state index is 12.1. The van der Waals surface area contributed by atoms with Crippen molar-refractivity contribution in [2.75, 3.05) is 18.6 Å². The van der Waals surface area contributed by atoms with Gasteiger partial charge in [-0.25, -0.2) is 0 Å². The predicted octanol–water partition coefficient (Wildman–Crippen LogP) is 4.19. The van der Waals surface area contributed by atoms with Crippen LogP contribution in [0.5, 0.6) is 0 Å². The summed E-state index contributed by atoms with van der Waals surface area (Å²) in [5.74, 6) is 2.09. The Labute approximate surface area is 157 Å². The molecule has 0 atom stereocenters. The highest BCUT2D eigenvalue weighted by molar-refractivity contribution is 7.98. The highest BCUT2D eigenvalue weighted by Crippen LogP contribution is 2.24. The number of hydrogen-bond acceptors (Lipinski definition) is 5. The van der Waals surface area contributed by atoms with Crippen molar-refractivity contribution in [1.82, 2.24) is 15.5 Å². The molecule has 1 amide bonds. The fraction of sp³-hybridized carbons (Fsp3) is 0.250. The lowest BCUT2D eigenvalue weighted by Crippen LogP contribution is -2.24. The van der Waals surface area contributed by atoms with Gasteiger partial charge in [-0.15, -0.1) is 10.2 Å². The summed E-state index contributed by atoms with van der Waals surface area (Å²) in [6, 6.07) is 15.6. The van der Waals surface area contributed by atoms with Gasteiger partial charge >= 0.3 is 0 Å². The molecule has 0 bridgehead atoms. The molecule has 0 spiro atoms. The summed E-state index contributed by atoms with van der Waals surface area (Å²) >= 11 is 1.78. The Morgan fingerprint density at radius 3 is 2.19 bits per heavy atom. The van der Waals surface area contributed by atoms with Gasteiger partial charge in [0.15, 0.2) is 0 Å². The first-order valence-electron chi connectivity index (χ1n) is 8.45. The van der Waals surface area contributed by atoms with Crippen LogP contribution in [0.2, 0.25) is 0 Å². The van der Waals surface area contributed by atoms with Crippen LogP contribution in [0.3, 0.4) is 0 Å². The van der Waals surface area contributed by atoms with E-state index in [1.165, 1.54) is 0 Å². The summed E-state index contributed by atoms with van der Waals surface area (Å²) in [4.78, 5) is 12.1. The van der Waals surface area contributed by atoms with Crippen molar-refractivity contribution < 1.29 is 9.21 Å². The van der Waals surface area contributed by atoms with E-state index in [4.69, 9.17) is 4.42 Å². The van der Waals surface area contributed by atoms with Crippen molar-refractivity contribution in [3.05, 3.63) is 60.0 Å². The summed E-state index contributed by atoms with van der Waals surface area (Å²) < 4.78 is 5.44. The number of nitrogens with one attached hydrogen (secondary N) is 1. The fourth-order valence-electron chi connectivity index (χ4n) is 2.55. The minimum Gasteiger partial charge on any atom is -0.421 e. The number of thioether (sulfide) groups is 1. The summed E-state index contributed by atoms with van der Waals surface area (Å²) in [6.07, 6.45) is 3.05. The second kappa shape index (κ2) is 8.67. The number of rotatable bonds is 7. The fourth-order valence-corrected chi connectivity index (χ4v) is 2.99. The second-order valence-electron chi connectivity index (χ2n) is 5.88. The number of hydrogen-bond donors (Lipinski definition) is 1. The minimum atomic E-state index is -0.0280. The van der Waals surface area contributed by atoms with E-state index < -0.39 is 0 Å². The molecule has 0 saturated heterocycles. The van der Waals surface area contributed by atoms with E-state index in [0.29, 0.717) is 23.9 Å². The molecule has 3 rings (SSSR count). The summed E-state index contributed by atoms with van der Waals surface area (Å²) in [6.45, 7) is 2.48. The molecule has 5 nitrogen and oxygen atoms in total. The van der Waals surface area contributed by atoms with Gasteiger partial charge in [-0.05, 0) is 53.8 Å². The summed E-state index contributed by atoms with van der Waals surface area (Å²) in [5.41, 5.74) is 3.68. The second-order valence-corrected chi connectivity index (χ2v) is 6.87. The van der Waals surface area contributed by atoms with Gasteiger partial charge in [-0.3, -0.25) is 4.79 Å². The van der Waals surface area contributed by atoms with Gasteiger partial charge in [0.05, 0.1) is 0 Å². The van der Waals surface area contributed by atoms with Crippen LogP contribution in [0.15, 0.2) is 52.9 Å². The lowest BCUT2D eigenvalue weighted by atomic mass is 10.0. The van der Waals surface area contributed by atoms with Gasteiger partial charge in [0.2, 0.25) is 11.8 Å². The van der Waals surface area contributed by atoms with Crippen molar-refractivity contribution in [2.45, 2.75) is 13.3 Å². The zero-order valence-electron chi connectivity index (χ0n) is 14.9. The third kappa shape index (κ3) is 4.52. The molecule has 134 valence electrons. The van der Waals surface area contributed by atoms with Gasteiger partial charge < -0.3 is 9.73 Å². The van der Waals surface area contributed by atoms with Crippen LogP contribution in [0.25, 0.3) is 22.6 Å². The molecule has 0 aliphatic rings. The molecule has 0 radical (unpaired) electrons. The first kappa shape index (κ1) is 18.2. The lowest BCUT2D eigenvalue weighted by Gasteiger charge is -2.06. The summed E-state index contributed by atoms with van der Waals surface area (Å²) in [5, 5.41) is 10.8. The monoisotopic (exact) mass is 367 g/mol. The van der Waals surface area contributed by atoms with Gasteiger partial charge in [-0.2, -0.15) is 11.8 Å². The van der Waals surface area contributed by atoms with E-state index in [2.05, 4.69) is 21.8 Å². The molecule has 2 aromatic carbocycles. The van der Waals surface area contributed by atoms with Crippen LogP contribution < -0.4 is 5.32 Å². The van der Waals surface area contributed by atoms with Crippen LogP contribution in [0, 0.1) is 6.92 Å². The Morgan fingerprint density at radius 1 is 1.00 bits per heavy atom. The van der Waals surface area contributed by atoms with Crippen LogP contribution >= 0.6 is 11.8 Å². The number of carbonyl (C=O) groups is 1. The molecule has 26 heavy (non-hydrogen) atoms. The zero-order valence-corrected chi connectivity index (χ0v) is 15.7. The van der Waals surface area contributed by atoms with E-state index in [1.807, 2.05) is 48.5 Å². The topological polar surface area (TPSA) is 68.0 Å². The van der Waals surface area contributed by atoms with Crippen molar-refractivity contribution in [3.63, 3.8) is 0 Å². The van der Waals surface area contributed by atoms with Crippen molar-refractivity contribution in [3.8, 4) is 22.6 Å². The minimum absolute atomic E-state index is 0.0280. The molecular weight excluding hydrogens is 346 g/mol. The predicted molar refractivity (Wildman–Crippen MR) is 105 cm³/mol. The first-order chi connectivity index (χ1) is 12.7. The molecule has 0 fully saturated rings. The zero-order chi connectivity index (χ0) is 18.4. The van der Waals surface area contributed by atoms with E-state index in [-0.39, 0.29) is 5.91 Å². The van der Waals surface area contributed by atoms with Crippen LogP contribution in [0.1, 0.15) is 22.7 Å². The Bertz CT molecular complexity index is 858. The molecule has 1 aromatic heterocycles. The van der Waals surface area contributed by atoms with E-state index in [0.717, 1.165) is 28.9 Å². The highest BCUT2D eigenvalue weighted by atomic mass is 32.2. The normalized spacial score (nSPS) is 10.7. The van der Waals surface area contributed by atoms with E-state index in [1.54, 1.807) is 18.7 Å². The number of nitrogens with zero attached hydrogens (tertiary/aromatic N) is 2. The van der Waals surface area contributed by atoms with Crippen molar-refractivity contribution >= 4 is 17.7 Å². The summed E-state index contributed by atoms with van der Waals surface area (Å²) in [7, 11) is 0. The quantitative estimate of drug-likeness (QED) is 0.634. The number of aryl methyl sites for hydroxylation is 1. The van der Waals surface area contributed by atoms with Gasteiger partial charge in [0.25, 0.3) is 5.91 Å². The SMILES string of the molecule is CSCCCNC(=O)c1ccc(-c2ccc(-c3nnc(C)o3)cc2)cc1. The maximum Gasteiger partial charge on any atom is 0.251 e. The standard InChI is InChI=1S/C20H21N3O2S/c1-14-22-23-20(25-14)18-10-6-16(7-11-18)15-4-8-17(9-5-15)19(24)21-12-3-13-26-2/h4-11H,3,12-13H2,1-2H3,(H,21,24).